The lowest BCUT2D eigenvalue weighted by Gasteiger charge is -2.20. The van der Waals surface area contributed by atoms with E-state index in [9.17, 15) is 4.79 Å². The highest BCUT2D eigenvalue weighted by Gasteiger charge is 2.17. The molecule has 1 heterocycles. The van der Waals surface area contributed by atoms with Crippen LogP contribution >= 0.6 is 24.0 Å². The minimum atomic E-state index is 0.129. The normalized spacial score (nSPS) is 14.3. The van der Waals surface area contributed by atoms with Crippen molar-refractivity contribution < 1.29 is 4.79 Å². The zero-order valence-electron chi connectivity index (χ0n) is 12.7. The van der Waals surface area contributed by atoms with Gasteiger partial charge < -0.3 is 9.80 Å². The highest BCUT2D eigenvalue weighted by molar-refractivity contribution is 8.23. The zero-order chi connectivity index (χ0) is 15.2. The van der Waals surface area contributed by atoms with E-state index in [1.165, 1.54) is 35.7 Å². The minimum absolute atomic E-state index is 0.129. The highest BCUT2D eigenvalue weighted by atomic mass is 32.2. The molecule has 0 aromatic heterocycles. The lowest BCUT2D eigenvalue weighted by atomic mass is 10.1. The first-order valence-corrected chi connectivity index (χ1v) is 8.67. The Kier molecular flexibility index (Phi) is 6.06. The van der Waals surface area contributed by atoms with Gasteiger partial charge >= 0.3 is 0 Å². The fourth-order valence-electron chi connectivity index (χ4n) is 2.36. The van der Waals surface area contributed by atoms with Gasteiger partial charge in [-0.1, -0.05) is 48.2 Å². The number of rotatable bonds is 4. The zero-order valence-corrected chi connectivity index (χ0v) is 14.3. The molecule has 0 atom stereocenters. The van der Waals surface area contributed by atoms with E-state index in [1.807, 2.05) is 19.2 Å². The first-order valence-electron chi connectivity index (χ1n) is 7.28. The molecular formula is C16H22N2OS2. The van der Waals surface area contributed by atoms with Gasteiger partial charge in [0.25, 0.3) is 0 Å². The average Bonchev–Trinajstić information content (AvgIpc) is 3.01. The summed E-state index contributed by atoms with van der Waals surface area (Å²) in [5, 5.41) is 0. The molecule has 3 nitrogen and oxygen atoms in total. The fourth-order valence-corrected chi connectivity index (χ4v) is 3.55. The second-order valence-electron chi connectivity index (χ2n) is 5.43. The van der Waals surface area contributed by atoms with Gasteiger partial charge in [0.05, 0.1) is 5.75 Å². The van der Waals surface area contributed by atoms with E-state index in [2.05, 4.69) is 24.0 Å². The van der Waals surface area contributed by atoms with Crippen molar-refractivity contribution in [1.29, 1.82) is 0 Å². The number of hydrogen-bond donors (Lipinski definition) is 0. The van der Waals surface area contributed by atoms with Crippen LogP contribution in [0.3, 0.4) is 0 Å². The Bertz CT molecular complexity index is 513. The summed E-state index contributed by atoms with van der Waals surface area (Å²) < 4.78 is 0.866. The van der Waals surface area contributed by atoms with Crippen molar-refractivity contribution in [3.63, 3.8) is 0 Å². The third-order valence-corrected chi connectivity index (χ3v) is 5.29. The molecule has 0 aliphatic carbocycles. The van der Waals surface area contributed by atoms with Crippen LogP contribution in [0, 0.1) is 6.92 Å². The third kappa shape index (κ3) is 4.71. The number of benzene rings is 1. The number of nitrogens with zero attached hydrogens (tertiary/aromatic N) is 2. The van der Waals surface area contributed by atoms with Gasteiger partial charge in [-0.25, -0.2) is 0 Å². The van der Waals surface area contributed by atoms with Crippen molar-refractivity contribution in [2.24, 2.45) is 0 Å². The Morgan fingerprint density at radius 2 is 2.00 bits per heavy atom. The van der Waals surface area contributed by atoms with Gasteiger partial charge in [0.1, 0.15) is 4.32 Å². The monoisotopic (exact) mass is 322 g/mol. The number of thiocarbonyl (C=S) groups is 1. The Balaban J connectivity index is 1.80. The summed E-state index contributed by atoms with van der Waals surface area (Å²) in [6, 6.07) is 8.18. The molecule has 2 rings (SSSR count). The summed E-state index contributed by atoms with van der Waals surface area (Å²) in [6.07, 6.45) is 2.42. The number of aryl methyl sites for hydroxylation is 1. The second-order valence-corrected chi connectivity index (χ2v) is 7.03. The maximum atomic E-state index is 12.2. The number of amides is 1. The molecule has 0 radical (unpaired) electrons. The van der Waals surface area contributed by atoms with Gasteiger partial charge in [0.15, 0.2) is 0 Å². The molecule has 1 aromatic rings. The first kappa shape index (κ1) is 16.3. The van der Waals surface area contributed by atoms with Gasteiger partial charge in [-0.2, -0.15) is 0 Å². The van der Waals surface area contributed by atoms with Crippen molar-refractivity contribution in [3.8, 4) is 0 Å². The maximum Gasteiger partial charge on any atom is 0.233 e. The van der Waals surface area contributed by atoms with E-state index < -0.39 is 0 Å². The predicted molar refractivity (Wildman–Crippen MR) is 93.5 cm³/mol. The lowest BCUT2D eigenvalue weighted by Crippen LogP contribution is -2.30. The molecule has 0 unspecified atom stereocenters. The van der Waals surface area contributed by atoms with Crippen LogP contribution in [0.15, 0.2) is 24.3 Å². The minimum Gasteiger partial charge on any atom is -0.358 e. The SMILES string of the molecule is Cc1ccccc1CN(C)C(=O)CSC(=S)N1CCCC1. The summed E-state index contributed by atoms with van der Waals surface area (Å²) in [7, 11) is 1.86. The van der Waals surface area contributed by atoms with Crippen LogP contribution in [0.4, 0.5) is 0 Å². The van der Waals surface area contributed by atoms with Gasteiger partial charge in [0, 0.05) is 26.7 Å². The van der Waals surface area contributed by atoms with Gasteiger partial charge in [-0.3, -0.25) is 4.79 Å². The summed E-state index contributed by atoms with van der Waals surface area (Å²) in [6.45, 7) is 4.81. The van der Waals surface area contributed by atoms with E-state index in [0.29, 0.717) is 12.3 Å². The summed E-state index contributed by atoms with van der Waals surface area (Å²) in [4.78, 5) is 16.2. The van der Waals surface area contributed by atoms with E-state index >= 15 is 0 Å². The van der Waals surface area contributed by atoms with E-state index in [-0.39, 0.29) is 5.91 Å². The number of carbonyl (C=O) groups is 1. The van der Waals surface area contributed by atoms with Crippen LogP contribution in [0.5, 0.6) is 0 Å². The molecule has 1 aromatic carbocycles. The summed E-state index contributed by atoms with van der Waals surface area (Å²) >= 11 is 6.88. The number of carbonyl (C=O) groups excluding carboxylic acids is 1. The molecule has 0 saturated carbocycles. The smallest absolute Gasteiger partial charge is 0.233 e. The number of hydrogen-bond acceptors (Lipinski definition) is 3. The van der Waals surface area contributed by atoms with Crippen molar-refractivity contribution in [2.45, 2.75) is 26.3 Å². The Morgan fingerprint density at radius 1 is 1.33 bits per heavy atom. The van der Waals surface area contributed by atoms with Gasteiger partial charge in [-0.05, 0) is 30.9 Å². The average molecular weight is 322 g/mol. The second kappa shape index (κ2) is 7.80. The lowest BCUT2D eigenvalue weighted by molar-refractivity contribution is -0.127. The van der Waals surface area contributed by atoms with Crippen LogP contribution in [0.1, 0.15) is 24.0 Å². The summed E-state index contributed by atoms with van der Waals surface area (Å²) in [5.74, 6) is 0.558. The molecule has 0 bridgehead atoms. The van der Waals surface area contributed by atoms with Gasteiger partial charge in [-0.15, -0.1) is 0 Å². The highest BCUT2D eigenvalue weighted by Crippen LogP contribution is 2.17. The molecule has 1 amide bonds. The topological polar surface area (TPSA) is 23.6 Å². The molecule has 1 aliphatic rings. The Labute approximate surface area is 136 Å². The van der Waals surface area contributed by atoms with E-state index in [4.69, 9.17) is 12.2 Å². The molecule has 5 heteroatoms. The van der Waals surface area contributed by atoms with Gasteiger partial charge in [0.2, 0.25) is 5.91 Å². The third-order valence-electron chi connectivity index (χ3n) is 3.78. The van der Waals surface area contributed by atoms with E-state index in [1.54, 1.807) is 4.90 Å². The maximum absolute atomic E-state index is 12.2. The molecule has 1 aliphatic heterocycles. The fraction of sp³-hybridized carbons (Fsp3) is 0.500. The van der Waals surface area contributed by atoms with Crippen LogP contribution in [0.2, 0.25) is 0 Å². The number of likely N-dealkylation sites (tertiary alicyclic amines) is 1. The molecule has 114 valence electrons. The van der Waals surface area contributed by atoms with Crippen molar-refractivity contribution in [1.82, 2.24) is 9.80 Å². The largest absolute Gasteiger partial charge is 0.358 e. The molecule has 0 N–H and O–H groups in total. The van der Waals surface area contributed by atoms with Crippen LogP contribution < -0.4 is 0 Å². The van der Waals surface area contributed by atoms with Crippen molar-refractivity contribution >= 4 is 34.2 Å². The predicted octanol–water partition coefficient (Wildman–Crippen LogP) is 3.07. The molecule has 1 fully saturated rings. The molecule has 21 heavy (non-hydrogen) atoms. The van der Waals surface area contributed by atoms with Crippen LogP contribution in [-0.2, 0) is 11.3 Å². The molecule has 0 spiro atoms. The molecule has 1 saturated heterocycles. The number of thioether (sulfide) groups is 1. The summed E-state index contributed by atoms with van der Waals surface area (Å²) in [5.41, 5.74) is 2.41. The standard InChI is InChI=1S/C16H22N2OS2/c1-13-7-3-4-8-14(13)11-17(2)15(19)12-21-16(20)18-9-5-6-10-18/h3-4,7-8H,5-6,9-12H2,1-2H3. The molecular weight excluding hydrogens is 300 g/mol. The van der Waals surface area contributed by atoms with E-state index in [0.717, 1.165) is 17.4 Å². The Morgan fingerprint density at radius 3 is 2.67 bits per heavy atom. The first-order chi connectivity index (χ1) is 10.1. The Hall–Kier alpha value is -1.07. The van der Waals surface area contributed by atoms with Crippen molar-refractivity contribution in [3.05, 3.63) is 35.4 Å². The van der Waals surface area contributed by atoms with Crippen LogP contribution in [0.25, 0.3) is 0 Å². The van der Waals surface area contributed by atoms with Crippen LogP contribution in [-0.4, -0.2) is 45.9 Å². The van der Waals surface area contributed by atoms with Crippen molar-refractivity contribution in [2.75, 3.05) is 25.9 Å². The quantitative estimate of drug-likeness (QED) is 0.795.